The van der Waals surface area contributed by atoms with Gasteiger partial charge in [0.05, 0.1) is 18.7 Å². The van der Waals surface area contributed by atoms with Crippen LogP contribution in [0.1, 0.15) is 12.8 Å². The second-order valence-corrected chi connectivity index (χ2v) is 3.33. The Morgan fingerprint density at radius 3 is 2.62 bits per heavy atom. The van der Waals surface area contributed by atoms with Gasteiger partial charge in [-0.2, -0.15) is 0 Å². The number of carbonyl (C=O) groups is 1. The lowest BCUT2D eigenvalue weighted by atomic mass is 10.2. The van der Waals surface area contributed by atoms with E-state index in [2.05, 4.69) is 4.99 Å². The van der Waals surface area contributed by atoms with E-state index in [-0.39, 0.29) is 6.42 Å². The molecule has 0 aliphatic heterocycles. The van der Waals surface area contributed by atoms with Crippen LogP contribution in [0, 0.1) is 0 Å². The summed E-state index contributed by atoms with van der Waals surface area (Å²) in [6.45, 7) is 0.485. The molecule has 0 aromatic heterocycles. The smallest absolute Gasteiger partial charge is 0.309 e. The van der Waals surface area contributed by atoms with E-state index >= 15 is 0 Å². The Hall–Kier alpha value is -1.68. The van der Waals surface area contributed by atoms with E-state index in [0.29, 0.717) is 18.7 Å². The molecule has 0 atom stereocenters. The first-order valence-corrected chi connectivity index (χ1v) is 5.04. The Bertz CT molecular complexity index is 360. The average Bonchev–Trinajstić information content (AvgIpc) is 2.26. The van der Waals surface area contributed by atoms with Gasteiger partial charge in [-0.15, -0.1) is 0 Å². The maximum Gasteiger partial charge on any atom is 0.309 e. The normalized spacial score (nSPS) is 11.4. The number of benzene rings is 1. The van der Waals surface area contributed by atoms with Crippen LogP contribution in [0.4, 0.5) is 5.69 Å². The highest BCUT2D eigenvalue weighted by Crippen LogP contribution is 2.12. The van der Waals surface area contributed by atoms with E-state index in [1.807, 2.05) is 30.3 Å². The fourth-order valence-corrected chi connectivity index (χ4v) is 1.26. The number of ether oxygens (including phenoxy) is 1. The van der Waals surface area contributed by atoms with Crippen LogP contribution in [0.25, 0.3) is 0 Å². The van der Waals surface area contributed by atoms with Crippen molar-refractivity contribution < 1.29 is 14.6 Å². The Balaban J connectivity index is 2.74. The van der Waals surface area contributed by atoms with Gasteiger partial charge in [0, 0.05) is 19.2 Å². The first kappa shape index (κ1) is 12.4. The van der Waals surface area contributed by atoms with E-state index in [4.69, 9.17) is 9.84 Å². The molecule has 4 heteroatoms. The zero-order valence-electron chi connectivity index (χ0n) is 9.22. The van der Waals surface area contributed by atoms with Crippen molar-refractivity contribution in [3.63, 3.8) is 0 Å². The van der Waals surface area contributed by atoms with E-state index in [1.54, 1.807) is 7.11 Å². The summed E-state index contributed by atoms with van der Waals surface area (Å²) >= 11 is 0. The third-order valence-corrected chi connectivity index (χ3v) is 1.99. The number of methoxy groups -OCH3 is 1. The topological polar surface area (TPSA) is 58.9 Å². The second kappa shape index (κ2) is 6.74. The molecule has 86 valence electrons. The summed E-state index contributed by atoms with van der Waals surface area (Å²) in [5, 5.41) is 8.74. The fourth-order valence-electron chi connectivity index (χ4n) is 1.26. The molecule has 1 aromatic carbocycles. The van der Waals surface area contributed by atoms with Crippen molar-refractivity contribution in [1.29, 1.82) is 0 Å². The molecule has 0 aliphatic carbocycles. The van der Waals surface area contributed by atoms with Crippen molar-refractivity contribution in [2.75, 3.05) is 13.7 Å². The molecular weight excluding hydrogens is 206 g/mol. The number of hydrogen-bond donors (Lipinski definition) is 1. The summed E-state index contributed by atoms with van der Waals surface area (Å²) in [6.07, 6.45) is 0.496. The molecule has 4 nitrogen and oxygen atoms in total. The zero-order valence-corrected chi connectivity index (χ0v) is 9.22. The minimum Gasteiger partial charge on any atom is -0.481 e. The number of nitrogens with zero attached hydrogens (tertiary/aromatic N) is 1. The predicted octanol–water partition coefficient (Wildman–Crippen LogP) is 2.27. The lowest BCUT2D eigenvalue weighted by molar-refractivity contribution is -0.135. The number of rotatable bonds is 6. The van der Waals surface area contributed by atoms with Gasteiger partial charge in [0.2, 0.25) is 0 Å². The van der Waals surface area contributed by atoms with Crippen LogP contribution < -0.4 is 0 Å². The van der Waals surface area contributed by atoms with E-state index < -0.39 is 5.97 Å². The molecule has 0 fully saturated rings. The molecule has 1 N–H and O–H groups in total. The van der Waals surface area contributed by atoms with Gasteiger partial charge in [0.1, 0.15) is 0 Å². The van der Waals surface area contributed by atoms with Crippen molar-refractivity contribution in [3.8, 4) is 0 Å². The van der Waals surface area contributed by atoms with Crippen molar-refractivity contribution in [2.24, 2.45) is 4.99 Å². The largest absolute Gasteiger partial charge is 0.481 e. The summed E-state index contributed by atoms with van der Waals surface area (Å²) in [5.41, 5.74) is 1.40. The zero-order chi connectivity index (χ0) is 11.8. The van der Waals surface area contributed by atoms with Crippen LogP contribution >= 0.6 is 0 Å². The monoisotopic (exact) mass is 221 g/mol. The molecule has 0 aliphatic rings. The number of carboxylic acid groups (broad SMARTS) is 1. The van der Waals surface area contributed by atoms with Crippen molar-refractivity contribution in [2.45, 2.75) is 12.8 Å². The minimum atomic E-state index is -0.870. The molecule has 0 radical (unpaired) electrons. The van der Waals surface area contributed by atoms with Gasteiger partial charge in [-0.25, -0.2) is 0 Å². The molecule has 0 saturated carbocycles. The molecule has 1 rings (SSSR count). The molecule has 0 unspecified atom stereocenters. The van der Waals surface area contributed by atoms with Crippen LogP contribution in [0.15, 0.2) is 35.3 Å². The minimum absolute atomic E-state index is 0.0434. The van der Waals surface area contributed by atoms with Crippen LogP contribution in [-0.4, -0.2) is 30.5 Å². The molecule has 0 heterocycles. The number of para-hydroxylation sites is 1. The number of hydrogen-bond acceptors (Lipinski definition) is 3. The average molecular weight is 221 g/mol. The number of aliphatic imine (C=N–C) groups is 1. The fraction of sp³-hybridized carbons (Fsp3) is 0.333. The van der Waals surface area contributed by atoms with Crippen LogP contribution in [0.5, 0.6) is 0 Å². The molecular formula is C12H15NO3. The standard InChI is InChI=1S/C12H15NO3/c1-16-8-7-11(9-12(14)15)13-10-5-3-2-4-6-10/h2-6H,7-9H2,1H3,(H,14,15). The highest BCUT2D eigenvalue weighted by molar-refractivity contribution is 5.99. The lowest BCUT2D eigenvalue weighted by Crippen LogP contribution is -2.09. The van der Waals surface area contributed by atoms with E-state index in [0.717, 1.165) is 5.69 Å². The lowest BCUT2D eigenvalue weighted by Gasteiger charge is -2.03. The molecule has 0 spiro atoms. The van der Waals surface area contributed by atoms with Crippen LogP contribution in [0.3, 0.4) is 0 Å². The summed E-state index contributed by atoms with van der Waals surface area (Å²) in [5.74, 6) is -0.870. The highest BCUT2D eigenvalue weighted by atomic mass is 16.5. The first-order chi connectivity index (χ1) is 7.72. The summed E-state index contributed by atoms with van der Waals surface area (Å²) in [4.78, 5) is 14.9. The Kier molecular flexibility index (Phi) is 5.22. The predicted molar refractivity (Wildman–Crippen MR) is 62.3 cm³/mol. The van der Waals surface area contributed by atoms with Crippen molar-refractivity contribution in [1.82, 2.24) is 0 Å². The van der Waals surface area contributed by atoms with Gasteiger partial charge in [-0.05, 0) is 12.1 Å². The van der Waals surface area contributed by atoms with Gasteiger partial charge in [0.15, 0.2) is 0 Å². The Labute approximate surface area is 94.6 Å². The SMILES string of the molecule is COCCC(CC(=O)O)=Nc1ccccc1. The molecule has 0 bridgehead atoms. The molecule has 16 heavy (non-hydrogen) atoms. The maximum atomic E-state index is 10.6. The number of aliphatic carboxylic acids is 1. The summed E-state index contributed by atoms with van der Waals surface area (Å²) < 4.78 is 4.92. The molecule has 0 saturated heterocycles. The Morgan fingerprint density at radius 2 is 2.06 bits per heavy atom. The van der Waals surface area contributed by atoms with E-state index in [9.17, 15) is 4.79 Å². The van der Waals surface area contributed by atoms with Crippen LogP contribution in [-0.2, 0) is 9.53 Å². The van der Waals surface area contributed by atoms with Gasteiger partial charge >= 0.3 is 5.97 Å². The summed E-state index contributed by atoms with van der Waals surface area (Å²) in [7, 11) is 1.58. The molecule has 1 aromatic rings. The van der Waals surface area contributed by atoms with E-state index in [1.165, 1.54) is 0 Å². The van der Waals surface area contributed by atoms with Gasteiger partial charge in [0.25, 0.3) is 0 Å². The first-order valence-electron chi connectivity index (χ1n) is 5.04. The third-order valence-electron chi connectivity index (χ3n) is 1.99. The Morgan fingerprint density at radius 1 is 1.38 bits per heavy atom. The van der Waals surface area contributed by atoms with Gasteiger partial charge in [-0.1, -0.05) is 18.2 Å². The third kappa shape index (κ3) is 4.70. The highest BCUT2D eigenvalue weighted by Gasteiger charge is 2.05. The maximum absolute atomic E-state index is 10.6. The summed E-state index contributed by atoms with van der Waals surface area (Å²) in [6, 6.07) is 9.31. The molecule has 0 amide bonds. The van der Waals surface area contributed by atoms with Crippen LogP contribution in [0.2, 0.25) is 0 Å². The van der Waals surface area contributed by atoms with Crippen molar-refractivity contribution in [3.05, 3.63) is 30.3 Å². The van der Waals surface area contributed by atoms with Gasteiger partial charge < -0.3 is 9.84 Å². The van der Waals surface area contributed by atoms with Gasteiger partial charge in [-0.3, -0.25) is 9.79 Å². The quantitative estimate of drug-likeness (QED) is 0.749. The second-order valence-electron chi connectivity index (χ2n) is 3.33. The van der Waals surface area contributed by atoms with Crippen molar-refractivity contribution >= 4 is 17.4 Å². The number of carboxylic acids is 1.